The van der Waals surface area contributed by atoms with E-state index in [0.29, 0.717) is 0 Å². The van der Waals surface area contributed by atoms with Crippen molar-refractivity contribution >= 4 is 213 Å². The Bertz CT molecular complexity index is 6380. The van der Waals surface area contributed by atoms with Gasteiger partial charge in [-0.25, -0.2) is 89.7 Å². The van der Waals surface area contributed by atoms with Crippen LogP contribution in [0.1, 0.15) is 37.4 Å². The minimum absolute atomic E-state index is 0.0381. The van der Waals surface area contributed by atoms with E-state index in [-0.39, 0.29) is 102 Å². The quantitative estimate of drug-likeness (QED) is 0.0168. The number of ether oxygens (including phenoxy) is 10. The number of nitrogens with zero attached hydrogens (tertiary/aromatic N) is 24. The molecule has 0 spiro atoms. The molecule has 62 nitrogen and oxygen atoms in total. The van der Waals surface area contributed by atoms with Crippen LogP contribution < -0.4 is 34.4 Å². The lowest BCUT2D eigenvalue weighted by Gasteiger charge is -2.29. The third kappa shape index (κ3) is 21.2. The van der Waals surface area contributed by atoms with Gasteiger partial charge in [-0.15, -0.1) is 0 Å². The molecule has 12 aromatic rings. The number of rotatable bonds is 36. The van der Waals surface area contributed by atoms with E-state index in [1.807, 2.05) is 0 Å². The summed E-state index contributed by atoms with van der Waals surface area (Å²) < 4.78 is 127. The lowest BCUT2D eigenvalue weighted by molar-refractivity contribution is -0.0596. The van der Waals surface area contributed by atoms with Crippen molar-refractivity contribution < 1.29 is 152 Å². The molecule has 18 heterocycles. The molecule has 0 bridgehead atoms. The van der Waals surface area contributed by atoms with Gasteiger partial charge >= 0.3 is 40.3 Å². The van der Waals surface area contributed by atoms with Crippen molar-refractivity contribution in [3.8, 4) is 0 Å². The molecule has 28 atom stereocenters. The molecule has 0 aromatic carbocycles. The first-order valence-electron chi connectivity index (χ1n) is 39.9. The number of imidazole rings is 6. The minimum atomic E-state index is -4.40. The summed E-state index contributed by atoms with van der Waals surface area (Å²) in [5.41, 5.74) is 38.5. The van der Waals surface area contributed by atoms with Gasteiger partial charge in [0.2, 0.25) is 0 Å². The van der Waals surface area contributed by atoms with Gasteiger partial charge in [-0.05, 0) is 70.8 Å². The second kappa shape index (κ2) is 41.1. The highest BCUT2D eigenvalue weighted by molar-refractivity contribution is 8.08. The van der Waals surface area contributed by atoms with Gasteiger partial charge in [0.05, 0.1) is 77.6 Å². The SMILES string of the molecule is COC1C(COP(O)(O)=S)OC(n2cnc3c(N)ncnc32)C1OP(O)(=S)OCC1OC(n2cnc3c(N)ncnc32)C(OP(O)(=S)OCC2OC(n3cnc4c(N)ncnc43)C(O)C2O)C1OC.COC1C(COP(O)(O)=S)OC(n2cnc3c(N)ncnc32)C1OP(O)(=S)OCC1OC(n2cnc3c(N)ncnc32)C(OP(O)(=S)OCC2OC(n3cnc4c(N)ncnc43)C(O)C2O)C1OC. The van der Waals surface area contributed by atoms with Crippen LogP contribution in [0, 0.1) is 0 Å². The standard InChI is InChI=1S/2C32H42N15O16P3S3/c2*1-54-20-13(4-56-64(50,51)67)60-31(46-10-43-16-25(34)37-7-40-28(16)46)22(20)63-66(53,69)58-5-14-21(55-2)23(32(61-14)47-11-44-17-26(35)38-8-41-29(17)47)62-65(52,68)57-3-12-18(48)19(49)30(59-12)45-9-42-15-24(33)36-6-39-27(15)45/h2*6-14,18-23,30-32,48-49H,3-5H2,1-2H3,(H,52,68)(H,53,69)(H2,33,36,39)(H2,34,37,40)(H2,35,38,41)(H2,50,51,67). The number of aliphatic hydroxyl groups excluding tert-OH is 4. The van der Waals surface area contributed by atoms with Crippen molar-refractivity contribution in [1.82, 2.24) is 117 Å². The predicted molar refractivity (Wildman–Crippen MR) is 488 cm³/mol. The van der Waals surface area contributed by atoms with Crippen molar-refractivity contribution in [1.29, 1.82) is 0 Å². The monoisotopic (exact) mass is 2160 g/mol. The molecule has 138 heavy (non-hydrogen) atoms. The zero-order valence-corrected chi connectivity index (χ0v) is 81.2. The Morgan fingerprint density at radius 1 is 0.261 bits per heavy atom. The molecule has 0 amide bonds. The van der Waals surface area contributed by atoms with Crippen molar-refractivity contribution in [3.63, 3.8) is 0 Å². The maximum absolute atomic E-state index is 11.7. The molecule has 0 radical (unpaired) electrons. The number of anilines is 6. The van der Waals surface area contributed by atoms with Gasteiger partial charge in [-0.2, -0.15) is 0 Å². The molecule has 6 aliphatic rings. The number of aromatic nitrogens is 24. The highest BCUT2D eigenvalue weighted by atomic mass is 32.5. The zero-order valence-electron chi connectivity index (χ0n) is 70.9. The Morgan fingerprint density at radius 3 is 0.638 bits per heavy atom. The maximum atomic E-state index is 11.7. The average Bonchev–Trinajstić information content (AvgIpc) is 1.68. The van der Waals surface area contributed by atoms with Gasteiger partial charge < -0.3 is 168 Å². The van der Waals surface area contributed by atoms with Crippen LogP contribution in [-0.4, -0.2) is 355 Å². The van der Waals surface area contributed by atoms with Gasteiger partial charge in [-0.3, -0.25) is 45.5 Å². The third-order valence-electron chi connectivity index (χ3n) is 22.3. The molecular formula is C64H84N30O32P6S6. The van der Waals surface area contributed by atoms with Crippen LogP contribution in [0.5, 0.6) is 0 Å². The van der Waals surface area contributed by atoms with Gasteiger partial charge in [0.1, 0.15) is 181 Å². The smallest absolute Gasteiger partial charge is 0.325 e. The second-order valence-electron chi connectivity index (χ2n) is 30.6. The van der Waals surface area contributed by atoms with Gasteiger partial charge in [0.15, 0.2) is 106 Å². The highest BCUT2D eigenvalue weighted by Gasteiger charge is 2.57. The van der Waals surface area contributed by atoms with Crippen molar-refractivity contribution in [2.45, 2.75) is 147 Å². The normalized spacial score (nSPS) is 30.4. The van der Waals surface area contributed by atoms with Crippen LogP contribution in [0.15, 0.2) is 75.9 Å². The average molecular weight is 2160 g/mol. The maximum Gasteiger partial charge on any atom is 0.325 e. The molecule has 74 heteroatoms. The van der Waals surface area contributed by atoms with Crippen molar-refractivity contribution in [2.24, 2.45) is 0 Å². The fourth-order valence-corrected chi connectivity index (χ4v) is 22.8. The molecule has 0 saturated carbocycles. The van der Waals surface area contributed by atoms with E-state index < -0.39 is 227 Å². The molecule has 6 saturated heterocycles. The van der Waals surface area contributed by atoms with Gasteiger partial charge in [0, 0.05) is 28.4 Å². The Morgan fingerprint density at radius 2 is 0.442 bits per heavy atom. The van der Waals surface area contributed by atoms with E-state index >= 15 is 0 Å². The first-order chi connectivity index (χ1) is 65.5. The van der Waals surface area contributed by atoms with E-state index in [1.165, 1.54) is 132 Å². The van der Waals surface area contributed by atoms with E-state index in [0.717, 1.165) is 0 Å². The second-order valence-corrected chi connectivity index (χ2v) is 47.1. The van der Waals surface area contributed by atoms with Crippen LogP contribution in [0.3, 0.4) is 0 Å². The summed E-state index contributed by atoms with van der Waals surface area (Å²) in [5.74, 6) is 0.359. The fourth-order valence-electron chi connectivity index (χ4n) is 16.1. The van der Waals surface area contributed by atoms with Crippen LogP contribution in [0.2, 0.25) is 0 Å². The Balaban J connectivity index is 0.000000191. The van der Waals surface area contributed by atoms with Gasteiger partial charge in [-0.1, -0.05) is 0 Å². The van der Waals surface area contributed by atoms with E-state index in [2.05, 4.69) is 113 Å². The number of hydrogen-bond donors (Lipinski definition) is 18. The first kappa shape index (κ1) is 102. The predicted octanol–water partition coefficient (Wildman–Crippen LogP) is -3.68. The summed E-state index contributed by atoms with van der Waals surface area (Å²) in [6, 6.07) is 0. The zero-order chi connectivity index (χ0) is 98.3. The van der Waals surface area contributed by atoms with Crippen LogP contribution in [0.25, 0.3) is 67.0 Å². The molecule has 24 N–H and O–H groups in total. The topological polar surface area (TPSA) is 845 Å². The third-order valence-corrected chi connectivity index (χ3v) is 30.2. The van der Waals surface area contributed by atoms with Gasteiger partial charge in [0.25, 0.3) is 0 Å². The minimum Gasteiger partial charge on any atom is -0.387 e. The molecule has 748 valence electrons. The largest absolute Gasteiger partial charge is 0.387 e. The summed E-state index contributed by atoms with van der Waals surface area (Å²) in [6.07, 6.45) is -15.6. The van der Waals surface area contributed by atoms with Crippen LogP contribution in [0.4, 0.5) is 34.9 Å². The number of nitrogens with two attached hydrogens (primary N) is 6. The molecule has 12 aromatic heterocycles. The summed E-state index contributed by atoms with van der Waals surface area (Å²) in [7, 11) is 5.22. The fraction of sp³-hybridized carbons (Fsp3) is 0.531. The Kier molecular flexibility index (Phi) is 30.4. The Hall–Kier alpha value is -7.28. The molecule has 6 aliphatic heterocycles. The highest BCUT2D eigenvalue weighted by Crippen LogP contribution is 2.58. The number of hydrogen-bond acceptors (Lipinski definition) is 54. The summed E-state index contributed by atoms with van der Waals surface area (Å²) >= 11 is 31.3. The summed E-state index contributed by atoms with van der Waals surface area (Å²) in [6.45, 7) is -29.1. The van der Waals surface area contributed by atoms with Crippen molar-refractivity contribution in [3.05, 3.63) is 75.9 Å². The van der Waals surface area contributed by atoms with E-state index in [4.69, 9.17) is 174 Å². The number of nitrogen functional groups attached to an aromatic ring is 6. The lowest BCUT2D eigenvalue weighted by Crippen LogP contribution is -2.38. The van der Waals surface area contributed by atoms with Crippen LogP contribution >= 0.6 is 40.3 Å². The summed E-state index contributed by atoms with van der Waals surface area (Å²) in [4.78, 5) is 161. The number of aliphatic hydroxyl groups is 4. The number of fused-ring (bicyclic) bond motifs is 6. The van der Waals surface area contributed by atoms with Crippen molar-refractivity contribution in [2.75, 3.05) is 102 Å². The molecule has 18 rings (SSSR count). The Labute approximate surface area is 803 Å². The van der Waals surface area contributed by atoms with Crippen LogP contribution in [-0.2, 0) is 163 Å². The molecule has 0 aliphatic carbocycles. The molecular weight excluding hydrogens is 2080 g/mol. The number of methoxy groups -OCH3 is 4. The van der Waals surface area contributed by atoms with E-state index in [9.17, 15) is 59.6 Å². The first-order valence-corrected chi connectivity index (χ1v) is 55.5. The molecule has 28 unspecified atom stereocenters. The van der Waals surface area contributed by atoms with E-state index in [1.54, 1.807) is 0 Å². The summed E-state index contributed by atoms with van der Waals surface area (Å²) in [5, 5.41) is 44.0. The lowest BCUT2D eigenvalue weighted by atomic mass is 10.1. The molecule has 6 fully saturated rings.